The predicted molar refractivity (Wildman–Crippen MR) is 121 cm³/mol. The van der Waals surface area contributed by atoms with Gasteiger partial charge in [-0.2, -0.15) is 0 Å². The van der Waals surface area contributed by atoms with Crippen LogP contribution in [0.25, 0.3) is 0 Å². The topological polar surface area (TPSA) is 130 Å². The average Bonchev–Trinajstić information content (AvgIpc) is 2.82. The van der Waals surface area contributed by atoms with Gasteiger partial charge < -0.3 is 31.5 Å². The number of nitrogens with zero attached hydrogens (tertiary/aromatic N) is 1. The van der Waals surface area contributed by atoms with Crippen molar-refractivity contribution in [3.05, 3.63) is 77.5 Å². The van der Waals surface area contributed by atoms with E-state index in [2.05, 4.69) is 16.4 Å². The molecule has 2 amide bonds. The fourth-order valence-electron chi connectivity index (χ4n) is 3.64. The first-order valence-corrected chi connectivity index (χ1v) is 10.7. The summed E-state index contributed by atoms with van der Waals surface area (Å²) in [4.78, 5) is 26.6. The fraction of sp³-hybridized carbons (Fsp3) is 0.333. The van der Waals surface area contributed by atoms with Crippen molar-refractivity contribution in [2.24, 2.45) is 0 Å². The maximum absolute atomic E-state index is 12.7. The molecular formula is C24H31N4O4+. The second-order valence-electron chi connectivity index (χ2n) is 7.86. The van der Waals surface area contributed by atoms with Gasteiger partial charge in [0, 0.05) is 25.0 Å². The molecule has 2 aromatic rings. The molecule has 3 atom stereocenters. The molecule has 0 aliphatic carbocycles. The number of aliphatic hydroxyl groups is 2. The lowest BCUT2D eigenvalue weighted by molar-refractivity contribution is -0.352. The van der Waals surface area contributed by atoms with Crippen LogP contribution in [0.2, 0.25) is 0 Å². The van der Waals surface area contributed by atoms with E-state index in [0.717, 1.165) is 22.4 Å². The SMILES string of the molecule is C[C@@H](NC(=O)[C@H](O)[C@@H](O)C(=O)N1CCc2ccccc2C1)c1ccc(N/C=C\C[NH3+])cc1. The smallest absolute Gasteiger partial charge is 0.255 e. The maximum atomic E-state index is 12.7. The summed E-state index contributed by atoms with van der Waals surface area (Å²) in [5, 5.41) is 26.4. The quantitative estimate of drug-likeness (QED) is 0.405. The van der Waals surface area contributed by atoms with Crippen LogP contribution in [-0.2, 0) is 22.6 Å². The highest BCUT2D eigenvalue weighted by molar-refractivity contribution is 5.91. The van der Waals surface area contributed by atoms with Gasteiger partial charge in [-0.1, -0.05) is 36.4 Å². The lowest BCUT2D eigenvalue weighted by Crippen LogP contribution is -2.51. The number of carbonyl (C=O) groups excluding carboxylic acids is 2. The molecule has 0 spiro atoms. The Morgan fingerprint density at radius 1 is 1.09 bits per heavy atom. The van der Waals surface area contributed by atoms with Crippen LogP contribution in [0.1, 0.15) is 29.7 Å². The average molecular weight is 440 g/mol. The van der Waals surface area contributed by atoms with Crippen LogP contribution in [0.15, 0.2) is 60.8 Å². The first-order chi connectivity index (χ1) is 15.4. The molecule has 8 heteroatoms. The number of aliphatic hydroxyl groups excluding tert-OH is 2. The number of anilines is 1. The third kappa shape index (κ3) is 5.73. The first kappa shape index (κ1) is 23.5. The van der Waals surface area contributed by atoms with Crippen molar-refractivity contribution in [1.82, 2.24) is 10.2 Å². The van der Waals surface area contributed by atoms with E-state index in [-0.39, 0.29) is 0 Å². The Labute approximate surface area is 187 Å². The molecule has 0 fully saturated rings. The molecule has 32 heavy (non-hydrogen) atoms. The number of carbonyl (C=O) groups is 2. The molecule has 0 bridgehead atoms. The second-order valence-corrected chi connectivity index (χ2v) is 7.86. The molecule has 3 rings (SSSR count). The first-order valence-electron chi connectivity index (χ1n) is 10.7. The number of quaternary nitrogens is 1. The van der Waals surface area contributed by atoms with E-state index in [9.17, 15) is 19.8 Å². The van der Waals surface area contributed by atoms with Gasteiger partial charge in [-0.25, -0.2) is 0 Å². The van der Waals surface area contributed by atoms with Crippen LogP contribution in [0.5, 0.6) is 0 Å². The molecule has 2 aromatic carbocycles. The lowest BCUT2D eigenvalue weighted by Gasteiger charge is -2.31. The molecule has 0 radical (unpaired) electrons. The Balaban J connectivity index is 1.55. The second kappa shape index (κ2) is 10.9. The van der Waals surface area contributed by atoms with Gasteiger partial charge in [0.1, 0.15) is 0 Å². The van der Waals surface area contributed by atoms with E-state index < -0.39 is 30.1 Å². The number of fused-ring (bicyclic) bond motifs is 1. The summed E-state index contributed by atoms with van der Waals surface area (Å²) in [6, 6.07) is 14.8. The van der Waals surface area contributed by atoms with Crippen LogP contribution in [0.3, 0.4) is 0 Å². The Bertz CT molecular complexity index is 961. The van der Waals surface area contributed by atoms with Crippen molar-refractivity contribution in [2.75, 3.05) is 18.4 Å². The van der Waals surface area contributed by atoms with E-state index in [1.54, 1.807) is 6.92 Å². The van der Waals surface area contributed by atoms with Crippen molar-refractivity contribution in [2.45, 2.75) is 38.1 Å². The van der Waals surface area contributed by atoms with Crippen LogP contribution in [0.4, 0.5) is 5.69 Å². The molecule has 1 aliphatic rings. The molecule has 1 heterocycles. The van der Waals surface area contributed by atoms with Crippen molar-refractivity contribution in [3.63, 3.8) is 0 Å². The number of rotatable bonds is 8. The number of benzene rings is 2. The van der Waals surface area contributed by atoms with Crippen LogP contribution in [0, 0.1) is 0 Å². The highest BCUT2D eigenvalue weighted by atomic mass is 16.3. The van der Waals surface area contributed by atoms with Crippen LogP contribution < -0.4 is 16.4 Å². The van der Waals surface area contributed by atoms with Crippen LogP contribution in [-0.4, -0.2) is 52.2 Å². The zero-order valence-corrected chi connectivity index (χ0v) is 18.2. The Morgan fingerprint density at radius 2 is 1.78 bits per heavy atom. The molecule has 1 aliphatic heterocycles. The number of nitrogens with one attached hydrogen (secondary N) is 2. The largest absolute Gasteiger partial charge is 0.380 e. The lowest BCUT2D eigenvalue weighted by atomic mass is 9.99. The third-order valence-corrected chi connectivity index (χ3v) is 5.57. The minimum Gasteiger partial charge on any atom is -0.380 e. The van der Waals surface area contributed by atoms with Gasteiger partial charge in [-0.3, -0.25) is 9.59 Å². The normalized spacial score (nSPS) is 16.2. The number of hydrogen-bond acceptors (Lipinski definition) is 5. The summed E-state index contributed by atoms with van der Waals surface area (Å²) < 4.78 is 0. The summed E-state index contributed by atoms with van der Waals surface area (Å²) in [5.41, 5.74) is 7.61. The van der Waals surface area contributed by atoms with Crippen molar-refractivity contribution in [3.8, 4) is 0 Å². The Hall–Kier alpha value is -3.20. The number of amides is 2. The Morgan fingerprint density at radius 3 is 2.47 bits per heavy atom. The molecule has 0 aromatic heterocycles. The highest BCUT2D eigenvalue weighted by Crippen LogP contribution is 2.20. The van der Waals surface area contributed by atoms with Gasteiger partial charge in [0.15, 0.2) is 12.2 Å². The fourth-order valence-corrected chi connectivity index (χ4v) is 3.64. The van der Waals surface area contributed by atoms with Gasteiger partial charge in [0.25, 0.3) is 11.8 Å². The Kier molecular flexibility index (Phi) is 7.99. The summed E-state index contributed by atoms with van der Waals surface area (Å²) in [5.74, 6) is -1.45. The van der Waals surface area contributed by atoms with Gasteiger partial charge in [-0.05, 0) is 48.2 Å². The molecule has 7 N–H and O–H groups in total. The monoisotopic (exact) mass is 439 g/mol. The van der Waals surface area contributed by atoms with Crippen LogP contribution >= 0.6 is 0 Å². The molecule has 170 valence electrons. The summed E-state index contributed by atoms with van der Waals surface area (Å²) in [6.07, 6.45) is 0.704. The van der Waals surface area contributed by atoms with Crippen molar-refractivity contribution < 1.29 is 25.5 Å². The third-order valence-electron chi connectivity index (χ3n) is 5.57. The minimum absolute atomic E-state index is 0.348. The summed E-state index contributed by atoms with van der Waals surface area (Å²) in [7, 11) is 0. The zero-order chi connectivity index (χ0) is 23.1. The van der Waals surface area contributed by atoms with E-state index in [1.807, 2.05) is 60.8 Å². The molecular weight excluding hydrogens is 408 g/mol. The van der Waals surface area contributed by atoms with E-state index >= 15 is 0 Å². The van der Waals surface area contributed by atoms with Gasteiger partial charge in [-0.15, -0.1) is 0 Å². The van der Waals surface area contributed by atoms with Crippen molar-refractivity contribution >= 4 is 17.5 Å². The van der Waals surface area contributed by atoms with E-state index in [0.29, 0.717) is 26.1 Å². The van der Waals surface area contributed by atoms with Gasteiger partial charge in [0.05, 0.1) is 12.6 Å². The molecule has 0 saturated heterocycles. The van der Waals surface area contributed by atoms with E-state index in [1.165, 1.54) is 4.90 Å². The zero-order valence-electron chi connectivity index (χ0n) is 18.2. The molecule has 8 nitrogen and oxygen atoms in total. The van der Waals surface area contributed by atoms with Gasteiger partial charge in [0.2, 0.25) is 0 Å². The van der Waals surface area contributed by atoms with E-state index in [4.69, 9.17) is 0 Å². The van der Waals surface area contributed by atoms with Crippen molar-refractivity contribution in [1.29, 1.82) is 0 Å². The molecule has 0 saturated carbocycles. The minimum atomic E-state index is -1.85. The maximum Gasteiger partial charge on any atom is 0.255 e. The number of hydrogen-bond donors (Lipinski definition) is 5. The predicted octanol–water partition coefficient (Wildman–Crippen LogP) is 0.338. The highest BCUT2D eigenvalue weighted by Gasteiger charge is 2.35. The standard InChI is InChI=1S/C24H30N4O4/c1-16(17-7-9-20(10-8-17)26-13-4-12-25)27-23(31)21(29)22(30)24(32)28-14-11-18-5-2-3-6-19(18)15-28/h2-10,13,16,21-22,26,29-30H,11-12,14-15,25H2,1H3,(H,27,31)/p+1/b13-4-/t16-,21-,22-/m1/s1. The molecule has 0 unspecified atom stereocenters. The van der Waals surface area contributed by atoms with Gasteiger partial charge >= 0.3 is 0 Å². The summed E-state index contributed by atoms with van der Waals surface area (Å²) in [6.45, 7) is 3.24. The summed E-state index contributed by atoms with van der Waals surface area (Å²) >= 11 is 0.